The van der Waals surface area contributed by atoms with Gasteiger partial charge in [0.1, 0.15) is 29.5 Å². The Morgan fingerprint density at radius 3 is 0.704 bits per heavy atom. The lowest BCUT2D eigenvalue weighted by atomic mass is 9.86. The number of rotatable bonds is 13. The minimum Gasteiger partial charge on any atom is -0.507 e. The third kappa shape index (κ3) is 33.4. The minimum absolute atomic E-state index is 0.0268. The van der Waals surface area contributed by atoms with E-state index in [1.165, 1.54) is 65.8 Å². The highest BCUT2D eigenvalue weighted by molar-refractivity contribution is 5.92. The summed E-state index contributed by atoms with van der Waals surface area (Å²) in [6.45, 7) is 21.8. The van der Waals surface area contributed by atoms with Gasteiger partial charge in [0.2, 0.25) is 35.4 Å². The first-order chi connectivity index (χ1) is 65.7. The second-order valence-corrected chi connectivity index (χ2v) is 28.9. The van der Waals surface area contributed by atoms with Crippen LogP contribution in [-0.2, 0) is 116 Å². The van der Waals surface area contributed by atoms with Gasteiger partial charge in [0.05, 0.1) is 55.5 Å². The summed E-state index contributed by atoms with van der Waals surface area (Å²) >= 11 is 0. The Morgan fingerprint density at radius 1 is 0.304 bits per heavy atom. The van der Waals surface area contributed by atoms with E-state index < -0.39 is 172 Å². The van der Waals surface area contributed by atoms with Gasteiger partial charge in [-0.25, -0.2) is 0 Å². The molecule has 21 heteroatoms. The van der Waals surface area contributed by atoms with Crippen LogP contribution in [0.5, 0.6) is 17.2 Å². The maximum absolute atomic E-state index is 15.0. The smallest absolute Gasteiger partial charge is 0.324 e. The normalized spacial score (nSPS) is 15.3. The molecular weight excluding hydrogens is 1690 g/mol. The van der Waals surface area contributed by atoms with Gasteiger partial charge in [-0.3, -0.25) is 43.2 Å². The molecule has 3 aromatic rings. The van der Waals surface area contributed by atoms with Crippen molar-refractivity contribution in [3.05, 3.63) is 162 Å². The zero-order chi connectivity index (χ0) is 97.3. The van der Waals surface area contributed by atoms with Crippen molar-refractivity contribution >= 4 is 53.4 Å². The lowest BCUT2D eigenvalue weighted by molar-refractivity contribution is -0.141. The molecule has 1 heterocycles. The Hall–Kier alpha value is -19.4. The fraction of sp³-hybridized carbons (Fsp3) is 0.254. The minimum atomic E-state index is -0.939. The van der Waals surface area contributed by atoms with E-state index in [1.54, 1.807) is 6.92 Å². The van der Waals surface area contributed by atoms with E-state index >= 15 is 28.8 Å². The number of ether oxygens (including phenoxy) is 3. The molecule has 6 atom stereocenters. The van der Waals surface area contributed by atoms with Gasteiger partial charge in [0, 0.05) is 156 Å². The van der Waals surface area contributed by atoms with Crippen molar-refractivity contribution in [2.75, 3.05) is 6.61 Å². The molecule has 6 amide bonds. The maximum atomic E-state index is 15.0. The summed E-state index contributed by atoms with van der Waals surface area (Å²) in [5.74, 6) is 95.4. The molecule has 7 rings (SSSR count). The molecule has 1 aliphatic heterocycles. The van der Waals surface area contributed by atoms with E-state index in [2.05, 4.69) is 300 Å². The van der Waals surface area contributed by atoms with Gasteiger partial charge in [-0.15, -0.1) is 12.8 Å². The fourth-order valence-corrected chi connectivity index (χ4v) is 15.1. The van der Waals surface area contributed by atoms with Crippen molar-refractivity contribution in [1.29, 1.82) is 0 Å². The number of terminal acetylenes is 2. The number of phenolic OH excluding ortho intramolecular Hbond substituents is 3. The number of carbonyl (C=O) groups is 9. The van der Waals surface area contributed by atoms with Crippen LogP contribution in [0.25, 0.3) is 0 Å². The van der Waals surface area contributed by atoms with E-state index in [-0.39, 0.29) is 88.6 Å². The average molecular weight is 1780 g/mol. The Balaban J connectivity index is 1.46. The summed E-state index contributed by atoms with van der Waals surface area (Å²) in [5, 5.41) is 39.2. The molecule has 6 unspecified atom stereocenters. The first kappa shape index (κ1) is 103. The van der Waals surface area contributed by atoms with Crippen LogP contribution in [0.15, 0.2) is 112 Å². The Bertz CT molecular complexity index is 6600. The fourth-order valence-electron chi connectivity index (χ4n) is 15.1. The van der Waals surface area contributed by atoms with Gasteiger partial charge < -0.3 is 58.9 Å². The zero-order valence-corrected chi connectivity index (χ0v) is 73.8. The van der Waals surface area contributed by atoms with Gasteiger partial charge in [-0.2, -0.15) is 0 Å². The van der Waals surface area contributed by atoms with E-state index in [1.807, 2.05) is 0 Å². The van der Waals surface area contributed by atoms with Crippen molar-refractivity contribution in [3.8, 4) is 291 Å². The van der Waals surface area contributed by atoms with Crippen LogP contribution in [0.3, 0.4) is 0 Å². The molecule has 3 fully saturated rings. The molecule has 3 saturated carbocycles. The highest BCUT2D eigenvalue weighted by Crippen LogP contribution is 2.41. The second kappa shape index (κ2) is 57.3. The average Bonchev–Trinajstić information content (AvgIpc) is 1.13. The van der Waals surface area contributed by atoms with E-state index in [0.29, 0.717) is 38.5 Å². The number of benzene rings is 3. The van der Waals surface area contributed by atoms with Crippen LogP contribution >= 0.6 is 0 Å². The van der Waals surface area contributed by atoms with Crippen molar-refractivity contribution < 1.29 is 72.7 Å². The third-order valence-corrected chi connectivity index (χ3v) is 20.6. The van der Waals surface area contributed by atoms with Crippen molar-refractivity contribution in [2.45, 2.75) is 179 Å². The molecule has 6 bridgehead atoms. The zero-order valence-electron chi connectivity index (χ0n) is 73.8. The molecule has 3 N–H and O–H groups in total. The highest BCUT2D eigenvalue weighted by Gasteiger charge is 2.43. The molecule has 21 nitrogen and oxygen atoms in total. The van der Waals surface area contributed by atoms with E-state index in [9.17, 15) is 29.7 Å². The number of hydrogen-bond donors (Lipinski definition) is 3. The lowest BCUT2D eigenvalue weighted by Gasteiger charge is -2.45. The van der Waals surface area contributed by atoms with Crippen LogP contribution in [0, 0.1) is 274 Å². The van der Waals surface area contributed by atoms with Crippen molar-refractivity contribution in [1.82, 2.24) is 29.4 Å². The predicted molar refractivity (Wildman–Crippen MR) is 508 cm³/mol. The number of fused-ring (bicyclic) bond motifs is 9. The molecule has 3 aliphatic carbocycles. The first-order valence-electron chi connectivity index (χ1n) is 41.6. The summed E-state index contributed by atoms with van der Waals surface area (Å²) in [6, 6.07) is 3.25. The second-order valence-electron chi connectivity index (χ2n) is 28.9. The standard InChI is InChI=1S/C114H82N6O15/c1-10-19-22-25-28-31-34-37-40-43-46-49-52-61-70-133-109(127)79-88-73-91-82-115(103(121)13-4)97-64-55-57-66-99(97)117(105(123)15-6)84-93-75-89(80-110(128)134-71-62-53-50-47-44-41-38-35-32-29-26-23-20-11-2)77-95(113(93)131)86-119(107(125)17-8)101-68-59-60-69-102(101)120(108(126)18-9)87-96-78-90(81-111(129)135-72-63-54-51-48-45-42-39-36-33-30-27-24-21-12-3)76-94(114(96)132)85-118(106(124)16-7)100-67-58-56-65-98(100)116(104(122)14-5)83-92(74-88)112(91)130/h1-2,13-18,73-78,97-102,130-132H,4-9,55-60,64-69,72,79-87H2,3H3. The van der Waals surface area contributed by atoms with Gasteiger partial charge in [0.15, 0.2) is 6.61 Å². The van der Waals surface area contributed by atoms with Crippen LogP contribution in [-0.4, -0.2) is 141 Å². The number of aromatic hydroxyl groups is 3. The molecule has 0 spiro atoms. The highest BCUT2D eigenvalue weighted by atomic mass is 16.5. The molecule has 135 heavy (non-hydrogen) atoms. The SMILES string of the molecule is C#CC#CC#CC#CC#CC#CC#CC#COC(=O)Cc1cc2c(O)c(c1)CN(C(=O)C=C)C1CCCCC1N(C(=O)C=C)Cc1cc(CC(=O)OCC#CC#CC#CC#CC#CC#CC#CC)cc(c1O)CN(C(=O)C=C)C1CCCCC1N(C(=O)C=C)Cc1cc(CC(=O)OC#CC#CC#CC#CC#CC#CC#CC#C)cc(c1O)CN(C(=O)C=C)C1CCCCC1N(C(=O)C=C)C2. The summed E-state index contributed by atoms with van der Waals surface area (Å²) in [5.41, 5.74) is 0.760. The Morgan fingerprint density at radius 2 is 0.496 bits per heavy atom. The quantitative estimate of drug-likeness (QED) is 0.0639. The summed E-state index contributed by atoms with van der Waals surface area (Å²) < 4.78 is 16.3. The van der Waals surface area contributed by atoms with Crippen LogP contribution < -0.4 is 0 Å². The first-order valence-corrected chi connectivity index (χ1v) is 41.6. The van der Waals surface area contributed by atoms with Crippen molar-refractivity contribution in [2.24, 2.45) is 0 Å². The topological polar surface area (TPSA) is 261 Å². The number of carbonyl (C=O) groups excluding carboxylic acids is 9. The molecule has 0 saturated heterocycles. The summed E-state index contributed by atoms with van der Waals surface area (Å²) in [6.07, 6.45) is 23.9. The number of phenols is 3. The lowest BCUT2D eigenvalue weighted by Crippen LogP contribution is -2.55. The Kier molecular flexibility index (Phi) is 43.6. The molecule has 0 radical (unpaired) electrons. The van der Waals surface area contributed by atoms with Gasteiger partial charge in [-0.1, -0.05) is 83.9 Å². The maximum Gasteiger partial charge on any atom is 0.324 e. The van der Waals surface area contributed by atoms with Crippen molar-refractivity contribution in [3.63, 3.8) is 0 Å². The summed E-state index contributed by atoms with van der Waals surface area (Å²) in [4.78, 5) is 141. The van der Waals surface area contributed by atoms with E-state index in [0.717, 1.165) is 36.5 Å². The van der Waals surface area contributed by atoms with Gasteiger partial charge >= 0.3 is 17.9 Å². The van der Waals surface area contributed by atoms with Crippen LogP contribution in [0.2, 0.25) is 0 Å². The number of amides is 6. The molecule has 3 aromatic carbocycles. The third-order valence-electron chi connectivity index (χ3n) is 20.6. The Labute approximate surface area is 789 Å². The van der Waals surface area contributed by atoms with Crippen LogP contribution in [0.1, 0.15) is 134 Å². The monoisotopic (exact) mass is 1770 g/mol. The van der Waals surface area contributed by atoms with Crippen LogP contribution in [0.4, 0.5) is 0 Å². The molecule has 0 aromatic heterocycles. The number of hydrogen-bond acceptors (Lipinski definition) is 15. The van der Waals surface area contributed by atoms with E-state index in [4.69, 9.17) is 27.1 Å². The molecule has 4 aliphatic rings. The number of esters is 3. The number of nitrogens with zero attached hydrogens (tertiary/aromatic N) is 6. The van der Waals surface area contributed by atoms with Gasteiger partial charge in [0.25, 0.3) is 0 Å². The molecule has 658 valence electrons. The molecular formula is C114H82N6O15. The summed E-state index contributed by atoms with van der Waals surface area (Å²) in [7, 11) is 0. The predicted octanol–water partition coefficient (Wildman–Crippen LogP) is 7.77. The largest absolute Gasteiger partial charge is 0.507 e. The van der Waals surface area contributed by atoms with Gasteiger partial charge in [-0.05, 0) is 295 Å².